The predicted molar refractivity (Wildman–Crippen MR) is 119 cm³/mol. The molecule has 2 aromatic rings. The molecule has 1 aliphatic heterocycles. The Morgan fingerprint density at radius 3 is 2.17 bits per heavy atom. The molecule has 0 radical (unpaired) electrons. The average Bonchev–Trinajstić information content (AvgIpc) is 2.99. The van der Waals surface area contributed by atoms with Crippen LogP contribution >= 0.6 is 15.9 Å². The molecular formula is C23H27BrN2O3. The third-order valence-corrected chi connectivity index (χ3v) is 5.46. The molecule has 0 aromatic heterocycles. The van der Waals surface area contributed by atoms with E-state index in [-0.39, 0.29) is 17.9 Å². The second-order valence-corrected chi connectivity index (χ2v) is 8.40. The van der Waals surface area contributed by atoms with Crippen LogP contribution in [0.2, 0.25) is 0 Å². The Bertz CT molecular complexity index is 857. The fraction of sp³-hybridized carbons (Fsp3) is 0.391. The Kier molecular flexibility index (Phi) is 7.31. The first-order chi connectivity index (χ1) is 13.9. The maximum atomic E-state index is 12.7. The summed E-state index contributed by atoms with van der Waals surface area (Å²) in [6.45, 7) is 5.55. The molecule has 1 aliphatic rings. The summed E-state index contributed by atoms with van der Waals surface area (Å²) in [5.74, 6) is 0.552. The second kappa shape index (κ2) is 9.92. The Morgan fingerprint density at radius 2 is 1.59 bits per heavy atom. The average molecular weight is 459 g/mol. The minimum absolute atomic E-state index is 0.0570. The first-order valence-corrected chi connectivity index (χ1v) is 10.9. The standard InChI is InChI=1S/C23H27BrN2O3/c1-16(2)29-21-12-9-18(15-20(21)24)22(27)25-19-10-7-17(8-11-19)23(28)26-13-5-3-4-6-14-26/h7-12,15-16H,3-6,13-14H2,1-2H3,(H,25,27). The minimum atomic E-state index is -0.214. The Morgan fingerprint density at radius 1 is 0.966 bits per heavy atom. The fourth-order valence-electron chi connectivity index (χ4n) is 3.35. The third kappa shape index (κ3) is 5.82. The van der Waals surface area contributed by atoms with E-state index in [0.717, 1.165) is 30.4 Å². The van der Waals surface area contributed by atoms with Crippen molar-refractivity contribution in [1.29, 1.82) is 0 Å². The lowest BCUT2D eigenvalue weighted by Gasteiger charge is -2.20. The Labute approximate surface area is 180 Å². The molecule has 2 amide bonds. The monoisotopic (exact) mass is 458 g/mol. The third-order valence-electron chi connectivity index (χ3n) is 4.84. The van der Waals surface area contributed by atoms with Crippen LogP contribution < -0.4 is 10.1 Å². The smallest absolute Gasteiger partial charge is 0.255 e. The van der Waals surface area contributed by atoms with Gasteiger partial charge in [-0.15, -0.1) is 0 Å². The molecular weight excluding hydrogens is 432 g/mol. The predicted octanol–water partition coefficient (Wildman–Crippen LogP) is 5.50. The fourth-order valence-corrected chi connectivity index (χ4v) is 3.82. The van der Waals surface area contributed by atoms with Crippen molar-refractivity contribution in [3.63, 3.8) is 0 Å². The molecule has 0 aliphatic carbocycles. The summed E-state index contributed by atoms with van der Waals surface area (Å²) in [4.78, 5) is 27.2. The molecule has 2 aromatic carbocycles. The van der Waals surface area contributed by atoms with Gasteiger partial charge in [-0.05, 0) is 85.1 Å². The molecule has 0 bridgehead atoms. The van der Waals surface area contributed by atoms with Crippen LogP contribution in [0, 0.1) is 0 Å². The van der Waals surface area contributed by atoms with Crippen LogP contribution in [0.1, 0.15) is 60.2 Å². The van der Waals surface area contributed by atoms with E-state index < -0.39 is 0 Å². The second-order valence-electron chi connectivity index (χ2n) is 7.55. The van der Waals surface area contributed by atoms with E-state index in [2.05, 4.69) is 21.2 Å². The van der Waals surface area contributed by atoms with Gasteiger partial charge in [0.25, 0.3) is 11.8 Å². The number of amides is 2. The maximum Gasteiger partial charge on any atom is 0.255 e. The van der Waals surface area contributed by atoms with Crippen LogP contribution in [-0.2, 0) is 0 Å². The van der Waals surface area contributed by atoms with E-state index >= 15 is 0 Å². The quantitative estimate of drug-likeness (QED) is 0.642. The number of rotatable bonds is 5. The van der Waals surface area contributed by atoms with Crippen LogP contribution in [0.5, 0.6) is 5.75 Å². The van der Waals surface area contributed by atoms with E-state index in [1.807, 2.05) is 18.7 Å². The number of likely N-dealkylation sites (tertiary alicyclic amines) is 1. The summed E-state index contributed by atoms with van der Waals surface area (Å²) in [6.07, 6.45) is 4.57. The molecule has 3 rings (SSSR count). The van der Waals surface area contributed by atoms with E-state index in [0.29, 0.717) is 22.6 Å². The summed E-state index contributed by atoms with van der Waals surface area (Å²) in [5.41, 5.74) is 1.83. The molecule has 5 nitrogen and oxygen atoms in total. The highest BCUT2D eigenvalue weighted by molar-refractivity contribution is 9.10. The van der Waals surface area contributed by atoms with Gasteiger partial charge >= 0.3 is 0 Å². The largest absolute Gasteiger partial charge is 0.490 e. The van der Waals surface area contributed by atoms with Crippen molar-refractivity contribution in [1.82, 2.24) is 4.90 Å². The van der Waals surface area contributed by atoms with Crippen molar-refractivity contribution in [3.05, 3.63) is 58.1 Å². The summed E-state index contributed by atoms with van der Waals surface area (Å²) < 4.78 is 6.41. The Balaban J connectivity index is 1.64. The van der Waals surface area contributed by atoms with Crippen molar-refractivity contribution in [2.24, 2.45) is 0 Å². The SMILES string of the molecule is CC(C)Oc1ccc(C(=O)Nc2ccc(C(=O)N3CCCCCC3)cc2)cc1Br. The highest BCUT2D eigenvalue weighted by Gasteiger charge is 2.17. The van der Waals surface area contributed by atoms with E-state index in [9.17, 15) is 9.59 Å². The van der Waals surface area contributed by atoms with Crippen LogP contribution in [0.4, 0.5) is 5.69 Å². The summed E-state index contributed by atoms with van der Waals surface area (Å²) in [6, 6.07) is 12.3. The molecule has 0 unspecified atom stereocenters. The highest BCUT2D eigenvalue weighted by atomic mass is 79.9. The molecule has 1 N–H and O–H groups in total. The number of ether oxygens (including phenoxy) is 1. The highest BCUT2D eigenvalue weighted by Crippen LogP contribution is 2.27. The molecule has 1 fully saturated rings. The first kappa shape index (κ1) is 21.4. The molecule has 1 heterocycles. The number of carbonyl (C=O) groups excluding carboxylic acids is 2. The number of anilines is 1. The Hall–Kier alpha value is -2.34. The zero-order valence-electron chi connectivity index (χ0n) is 16.9. The topological polar surface area (TPSA) is 58.6 Å². The van der Waals surface area contributed by atoms with Gasteiger partial charge in [0, 0.05) is 29.9 Å². The molecule has 0 atom stereocenters. The number of nitrogens with one attached hydrogen (secondary N) is 1. The van der Waals surface area contributed by atoms with Crippen molar-refractivity contribution >= 4 is 33.4 Å². The number of carbonyl (C=O) groups is 2. The van der Waals surface area contributed by atoms with Gasteiger partial charge in [-0.1, -0.05) is 12.8 Å². The van der Waals surface area contributed by atoms with Gasteiger partial charge < -0.3 is 15.0 Å². The number of nitrogens with zero attached hydrogens (tertiary/aromatic N) is 1. The number of hydrogen-bond acceptors (Lipinski definition) is 3. The summed E-state index contributed by atoms with van der Waals surface area (Å²) in [5, 5.41) is 2.88. The lowest BCUT2D eigenvalue weighted by Crippen LogP contribution is -2.31. The van der Waals surface area contributed by atoms with Crippen molar-refractivity contribution in [2.45, 2.75) is 45.6 Å². The van der Waals surface area contributed by atoms with Crippen molar-refractivity contribution < 1.29 is 14.3 Å². The molecule has 0 saturated carbocycles. The van der Waals surface area contributed by atoms with Gasteiger partial charge in [-0.3, -0.25) is 9.59 Å². The molecule has 154 valence electrons. The van der Waals surface area contributed by atoms with Gasteiger partial charge in [0.1, 0.15) is 5.75 Å². The van der Waals surface area contributed by atoms with E-state index in [1.165, 1.54) is 12.8 Å². The normalized spacial score (nSPS) is 14.4. The zero-order chi connectivity index (χ0) is 20.8. The van der Waals surface area contributed by atoms with Crippen molar-refractivity contribution in [2.75, 3.05) is 18.4 Å². The lowest BCUT2D eigenvalue weighted by atomic mass is 10.1. The number of benzene rings is 2. The van der Waals surface area contributed by atoms with Crippen LogP contribution in [0.15, 0.2) is 46.9 Å². The molecule has 0 spiro atoms. The van der Waals surface area contributed by atoms with Crippen molar-refractivity contribution in [3.8, 4) is 5.75 Å². The van der Waals surface area contributed by atoms with Crippen LogP contribution in [0.3, 0.4) is 0 Å². The summed E-state index contributed by atoms with van der Waals surface area (Å²) in [7, 11) is 0. The van der Waals surface area contributed by atoms with Crippen LogP contribution in [0.25, 0.3) is 0 Å². The van der Waals surface area contributed by atoms with Gasteiger partial charge in [-0.2, -0.15) is 0 Å². The molecule has 29 heavy (non-hydrogen) atoms. The number of hydrogen-bond donors (Lipinski definition) is 1. The molecule has 1 saturated heterocycles. The zero-order valence-corrected chi connectivity index (χ0v) is 18.5. The molecule has 6 heteroatoms. The maximum absolute atomic E-state index is 12.7. The van der Waals surface area contributed by atoms with Gasteiger partial charge in [0.05, 0.1) is 10.6 Å². The summed E-state index contributed by atoms with van der Waals surface area (Å²) >= 11 is 3.45. The number of halogens is 1. The van der Waals surface area contributed by atoms with Gasteiger partial charge in [-0.25, -0.2) is 0 Å². The lowest BCUT2D eigenvalue weighted by molar-refractivity contribution is 0.0761. The van der Waals surface area contributed by atoms with Gasteiger partial charge in [0.15, 0.2) is 0 Å². The first-order valence-electron chi connectivity index (χ1n) is 10.1. The van der Waals surface area contributed by atoms with E-state index in [4.69, 9.17) is 4.74 Å². The van der Waals surface area contributed by atoms with Gasteiger partial charge in [0.2, 0.25) is 0 Å². The van der Waals surface area contributed by atoms with Crippen LogP contribution in [-0.4, -0.2) is 35.9 Å². The minimum Gasteiger partial charge on any atom is -0.490 e. The van der Waals surface area contributed by atoms with E-state index in [1.54, 1.807) is 42.5 Å².